The summed E-state index contributed by atoms with van der Waals surface area (Å²) >= 11 is 5.98. The number of aromatic nitrogens is 2. The number of halogens is 1. The first-order valence-corrected chi connectivity index (χ1v) is 9.21. The third-order valence-electron chi connectivity index (χ3n) is 4.03. The molecule has 3 aromatic rings. The highest BCUT2D eigenvalue weighted by molar-refractivity contribution is 6.30. The van der Waals surface area contributed by atoms with Crippen molar-refractivity contribution in [1.29, 1.82) is 0 Å². The first-order chi connectivity index (χ1) is 13.2. The summed E-state index contributed by atoms with van der Waals surface area (Å²) < 4.78 is 0. The van der Waals surface area contributed by atoms with E-state index < -0.39 is 0 Å². The summed E-state index contributed by atoms with van der Waals surface area (Å²) in [6.45, 7) is 1.28. The second-order valence-corrected chi connectivity index (χ2v) is 6.50. The molecule has 1 amide bonds. The van der Waals surface area contributed by atoms with Crippen LogP contribution in [0.4, 0.5) is 5.82 Å². The van der Waals surface area contributed by atoms with Gasteiger partial charge in [0.1, 0.15) is 5.82 Å². The van der Waals surface area contributed by atoms with Crippen LogP contribution in [0.2, 0.25) is 5.02 Å². The van der Waals surface area contributed by atoms with Crippen LogP contribution in [0.25, 0.3) is 0 Å². The Morgan fingerprint density at radius 3 is 2.63 bits per heavy atom. The summed E-state index contributed by atoms with van der Waals surface area (Å²) in [7, 11) is 0. The lowest BCUT2D eigenvalue weighted by atomic mass is 10.1. The number of hydrogen-bond acceptors (Lipinski definition) is 4. The fraction of sp³-hybridized carbons (Fsp3) is 0.190. The normalized spacial score (nSPS) is 10.4. The topological polar surface area (TPSA) is 66.9 Å². The first kappa shape index (κ1) is 18.9. The number of carbonyl (C=O) groups is 1. The molecular formula is C21H21ClN4O. The van der Waals surface area contributed by atoms with E-state index in [4.69, 9.17) is 11.6 Å². The average molecular weight is 381 g/mol. The van der Waals surface area contributed by atoms with Gasteiger partial charge in [0.05, 0.1) is 5.56 Å². The van der Waals surface area contributed by atoms with Crippen molar-refractivity contribution in [3.05, 3.63) is 88.8 Å². The molecule has 0 radical (unpaired) electrons. The molecule has 2 N–H and O–H groups in total. The van der Waals surface area contributed by atoms with Crippen molar-refractivity contribution < 1.29 is 4.79 Å². The van der Waals surface area contributed by atoms with Gasteiger partial charge >= 0.3 is 0 Å². The quantitative estimate of drug-likeness (QED) is 0.624. The molecule has 6 heteroatoms. The molecule has 0 atom stereocenters. The zero-order valence-corrected chi connectivity index (χ0v) is 15.6. The SMILES string of the molecule is O=C(NCCc1ccccn1)c1ccc(NCCc2cccc(Cl)c2)nc1. The van der Waals surface area contributed by atoms with Crippen molar-refractivity contribution in [2.45, 2.75) is 12.8 Å². The fourth-order valence-corrected chi connectivity index (χ4v) is 2.83. The van der Waals surface area contributed by atoms with Gasteiger partial charge in [-0.1, -0.05) is 29.8 Å². The van der Waals surface area contributed by atoms with Crippen LogP contribution in [0.1, 0.15) is 21.6 Å². The summed E-state index contributed by atoms with van der Waals surface area (Å²) in [5, 5.41) is 6.87. The molecule has 5 nitrogen and oxygen atoms in total. The van der Waals surface area contributed by atoms with Crippen LogP contribution < -0.4 is 10.6 Å². The third kappa shape index (κ3) is 6.08. The molecule has 138 valence electrons. The number of benzene rings is 1. The Morgan fingerprint density at radius 2 is 1.89 bits per heavy atom. The lowest BCUT2D eigenvalue weighted by molar-refractivity contribution is 0.0953. The van der Waals surface area contributed by atoms with Crippen LogP contribution in [0.15, 0.2) is 67.0 Å². The van der Waals surface area contributed by atoms with Gasteiger partial charge in [0.2, 0.25) is 0 Å². The van der Waals surface area contributed by atoms with Crippen LogP contribution >= 0.6 is 11.6 Å². The zero-order chi connectivity index (χ0) is 18.9. The van der Waals surface area contributed by atoms with Gasteiger partial charge in [-0.25, -0.2) is 4.98 Å². The molecule has 0 aliphatic carbocycles. The Morgan fingerprint density at radius 1 is 0.963 bits per heavy atom. The number of rotatable bonds is 8. The minimum atomic E-state index is -0.135. The van der Waals surface area contributed by atoms with E-state index in [2.05, 4.69) is 20.6 Å². The molecule has 0 unspecified atom stereocenters. The van der Waals surface area contributed by atoms with E-state index in [9.17, 15) is 4.79 Å². The Hall–Kier alpha value is -2.92. The van der Waals surface area contributed by atoms with Crippen molar-refractivity contribution in [3.8, 4) is 0 Å². The third-order valence-corrected chi connectivity index (χ3v) is 4.26. The Labute approximate surface area is 163 Å². The van der Waals surface area contributed by atoms with Gasteiger partial charge in [0.15, 0.2) is 0 Å². The highest BCUT2D eigenvalue weighted by Crippen LogP contribution is 2.11. The average Bonchev–Trinajstić information content (AvgIpc) is 2.69. The molecule has 0 aliphatic rings. The van der Waals surface area contributed by atoms with Gasteiger partial charge in [-0.3, -0.25) is 9.78 Å². The lowest BCUT2D eigenvalue weighted by Gasteiger charge is -2.08. The summed E-state index contributed by atoms with van der Waals surface area (Å²) in [4.78, 5) is 20.7. The molecule has 0 saturated carbocycles. The number of pyridine rings is 2. The Balaban J connectivity index is 1.43. The van der Waals surface area contributed by atoms with Crippen LogP contribution in [0.3, 0.4) is 0 Å². The number of anilines is 1. The largest absolute Gasteiger partial charge is 0.370 e. The Kier molecular flexibility index (Phi) is 6.77. The first-order valence-electron chi connectivity index (χ1n) is 8.83. The van der Waals surface area contributed by atoms with Crippen molar-refractivity contribution in [1.82, 2.24) is 15.3 Å². The minimum Gasteiger partial charge on any atom is -0.370 e. The second kappa shape index (κ2) is 9.69. The molecule has 0 aliphatic heterocycles. The lowest BCUT2D eigenvalue weighted by Crippen LogP contribution is -2.26. The molecule has 0 bridgehead atoms. The van der Waals surface area contributed by atoms with Crippen LogP contribution in [-0.4, -0.2) is 29.0 Å². The molecule has 0 saturated heterocycles. The molecule has 1 aromatic carbocycles. The molecule has 3 rings (SSSR count). The summed E-state index contributed by atoms with van der Waals surface area (Å²) in [6, 6.07) is 17.1. The number of amides is 1. The summed E-state index contributed by atoms with van der Waals surface area (Å²) in [6.07, 6.45) is 4.87. The molecule has 2 heterocycles. The summed E-state index contributed by atoms with van der Waals surface area (Å²) in [5.74, 6) is 0.603. The molecule has 2 aromatic heterocycles. The predicted molar refractivity (Wildman–Crippen MR) is 108 cm³/mol. The van der Waals surface area contributed by atoms with E-state index in [1.54, 1.807) is 18.5 Å². The van der Waals surface area contributed by atoms with Gasteiger partial charge in [-0.05, 0) is 48.4 Å². The standard InChI is InChI=1S/C21H21ClN4O/c22-18-5-3-4-16(14-18)9-12-24-20-8-7-17(15-26-20)21(27)25-13-10-19-6-1-2-11-23-19/h1-8,11,14-15H,9-10,12-13H2,(H,24,26)(H,25,27). The summed E-state index contributed by atoms with van der Waals surface area (Å²) in [5.41, 5.74) is 2.66. The van der Waals surface area contributed by atoms with Crippen molar-refractivity contribution in [2.75, 3.05) is 18.4 Å². The molecule has 0 fully saturated rings. The van der Waals surface area contributed by atoms with Gasteiger partial charge in [-0.2, -0.15) is 0 Å². The maximum atomic E-state index is 12.2. The maximum absolute atomic E-state index is 12.2. The van der Waals surface area contributed by atoms with E-state index in [0.717, 1.165) is 29.5 Å². The van der Waals surface area contributed by atoms with Gasteiger partial charge in [-0.15, -0.1) is 0 Å². The van der Waals surface area contributed by atoms with Crippen LogP contribution in [0.5, 0.6) is 0 Å². The number of nitrogens with one attached hydrogen (secondary N) is 2. The number of nitrogens with zero attached hydrogens (tertiary/aromatic N) is 2. The molecule has 27 heavy (non-hydrogen) atoms. The predicted octanol–water partition coefficient (Wildman–Crippen LogP) is 3.76. The van der Waals surface area contributed by atoms with Crippen LogP contribution in [-0.2, 0) is 12.8 Å². The van der Waals surface area contributed by atoms with E-state index in [0.29, 0.717) is 18.5 Å². The fourth-order valence-electron chi connectivity index (χ4n) is 2.61. The molecular weight excluding hydrogens is 360 g/mol. The molecule has 0 spiro atoms. The van der Waals surface area contributed by atoms with Gasteiger partial charge in [0.25, 0.3) is 5.91 Å². The van der Waals surface area contributed by atoms with Crippen LogP contribution in [0, 0.1) is 0 Å². The maximum Gasteiger partial charge on any atom is 0.252 e. The van der Waals surface area contributed by atoms with Gasteiger partial charge in [0, 0.05) is 42.6 Å². The van der Waals surface area contributed by atoms with Crippen molar-refractivity contribution in [3.63, 3.8) is 0 Å². The van der Waals surface area contributed by atoms with Crippen molar-refractivity contribution in [2.24, 2.45) is 0 Å². The zero-order valence-electron chi connectivity index (χ0n) is 14.9. The smallest absolute Gasteiger partial charge is 0.252 e. The highest BCUT2D eigenvalue weighted by atomic mass is 35.5. The van der Waals surface area contributed by atoms with E-state index in [1.165, 1.54) is 5.56 Å². The van der Waals surface area contributed by atoms with E-state index in [1.807, 2.05) is 48.5 Å². The highest BCUT2D eigenvalue weighted by Gasteiger charge is 2.06. The van der Waals surface area contributed by atoms with E-state index >= 15 is 0 Å². The monoisotopic (exact) mass is 380 g/mol. The van der Waals surface area contributed by atoms with Crippen molar-refractivity contribution >= 4 is 23.3 Å². The number of carbonyl (C=O) groups excluding carboxylic acids is 1. The minimum absolute atomic E-state index is 0.135. The number of hydrogen-bond donors (Lipinski definition) is 2. The van der Waals surface area contributed by atoms with E-state index in [-0.39, 0.29) is 5.91 Å². The van der Waals surface area contributed by atoms with Gasteiger partial charge < -0.3 is 10.6 Å². The second-order valence-electron chi connectivity index (χ2n) is 6.07. The Bertz CT molecular complexity index is 869.